The SMILES string of the molecule is CCNCc1cncc(OCCOc2ccccc2)n1. The van der Waals surface area contributed by atoms with Gasteiger partial charge in [-0.1, -0.05) is 25.1 Å². The van der Waals surface area contributed by atoms with Crippen LogP contribution in [0.25, 0.3) is 0 Å². The Hall–Kier alpha value is -2.14. The Morgan fingerprint density at radius 1 is 1.05 bits per heavy atom. The van der Waals surface area contributed by atoms with E-state index in [2.05, 4.69) is 22.2 Å². The zero-order valence-corrected chi connectivity index (χ0v) is 11.6. The minimum absolute atomic E-state index is 0.439. The van der Waals surface area contributed by atoms with E-state index in [0.29, 0.717) is 25.6 Å². The number of para-hydroxylation sites is 1. The summed E-state index contributed by atoms with van der Waals surface area (Å²) in [4.78, 5) is 8.46. The van der Waals surface area contributed by atoms with Crippen molar-refractivity contribution >= 4 is 0 Å². The summed E-state index contributed by atoms with van der Waals surface area (Å²) in [5.74, 6) is 1.36. The van der Waals surface area contributed by atoms with Crippen LogP contribution in [0.4, 0.5) is 0 Å². The van der Waals surface area contributed by atoms with Crippen LogP contribution in [0.15, 0.2) is 42.7 Å². The highest BCUT2D eigenvalue weighted by molar-refractivity contribution is 5.20. The average Bonchev–Trinajstić information content (AvgIpc) is 2.51. The second kappa shape index (κ2) is 8.12. The van der Waals surface area contributed by atoms with E-state index in [9.17, 15) is 0 Å². The van der Waals surface area contributed by atoms with Gasteiger partial charge in [-0.05, 0) is 18.7 Å². The molecule has 0 atom stereocenters. The van der Waals surface area contributed by atoms with Gasteiger partial charge in [0.05, 0.1) is 11.9 Å². The maximum absolute atomic E-state index is 5.54. The molecule has 1 aromatic heterocycles. The van der Waals surface area contributed by atoms with E-state index in [1.165, 1.54) is 0 Å². The highest BCUT2D eigenvalue weighted by Gasteiger charge is 2.00. The second-order valence-corrected chi connectivity index (χ2v) is 4.14. The lowest BCUT2D eigenvalue weighted by molar-refractivity contribution is 0.211. The maximum atomic E-state index is 5.54. The first kappa shape index (κ1) is 14.3. The van der Waals surface area contributed by atoms with Crippen LogP contribution in [0, 0.1) is 0 Å². The average molecular weight is 273 g/mol. The van der Waals surface area contributed by atoms with E-state index < -0.39 is 0 Å². The van der Waals surface area contributed by atoms with Gasteiger partial charge in [0, 0.05) is 12.7 Å². The van der Waals surface area contributed by atoms with Gasteiger partial charge in [0.15, 0.2) is 0 Å². The molecule has 0 amide bonds. The van der Waals surface area contributed by atoms with Crippen molar-refractivity contribution in [3.63, 3.8) is 0 Å². The number of hydrogen-bond acceptors (Lipinski definition) is 5. The van der Waals surface area contributed by atoms with Crippen molar-refractivity contribution in [3.8, 4) is 11.6 Å². The summed E-state index contributed by atoms with van der Waals surface area (Å²) in [5, 5.41) is 3.20. The monoisotopic (exact) mass is 273 g/mol. The highest BCUT2D eigenvalue weighted by atomic mass is 16.5. The summed E-state index contributed by atoms with van der Waals surface area (Å²) >= 11 is 0. The molecule has 1 aromatic carbocycles. The molecule has 0 saturated heterocycles. The molecule has 1 heterocycles. The van der Waals surface area contributed by atoms with Crippen molar-refractivity contribution in [2.75, 3.05) is 19.8 Å². The van der Waals surface area contributed by atoms with Crippen molar-refractivity contribution < 1.29 is 9.47 Å². The molecule has 0 spiro atoms. The van der Waals surface area contributed by atoms with Gasteiger partial charge in [0.25, 0.3) is 0 Å². The first-order valence-electron chi connectivity index (χ1n) is 6.71. The van der Waals surface area contributed by atoms with E-state index in [1.54, 1.807) is 12.4 Å². The van der Waals surface area contributed by atoms with Crippen LogP contribution in [-0.4, -0.2) is 29.7 Å². The van der Waals surface area contributed by atoms with E-state index >= 15 is 0 Å². The predicted octanol–water partition coefficient (Wildman–Crippen LogP) is 2.04. The van der Waals surface area contributed by atoms with Crippen LogP contribution in [0.5, 0.6) is 11.6 Å². The fourth-order valence-corrected chi connectivity index (χ4v) is 1.62. The highest BCUT2D eigenvalue weighted by Crippen LogP contribution is 2.08. The summed E-state index contributed by atoms with van der Waals surface area (Å²) in [5.41, 5.74) is 0.869. The fraction of sp³-hybridized carbons (Fsp3) is 0.333. The van der Waals surface area contributed by atoms with E-state index in [4.69, 9.17) is 9.47 Å². The molecule has 5 nitrogen and oxygen atoms in total. The fourth-order valence-electron chi connectivity index (χ4n) is 1.62. The zero-order chi connectivity index (χ0) is 14.0. The lowest BCUT2D eigenvalue weighted by Gasteiger charge is -2.08. The molecule has 0 unspecified atom stereocenters. The molecule has 0 radical (unpaired) electrons. The summed E-state index contributed by atoms with van der Waals surface area (Å²) in [6.07, 6.45) is 3.34. The van der Waals surface area contributed by atoms with Crippen molar-refractivity contribution in [2.45, 2.75) is 13.5 Å². The third-order valence-corrected chi connectivity index (χ3v) is 2.56. The standard InChI is InChI=1S/C15H19N3O2/c1-2-16-10-13-11-17-12-15(18-13)20-9-8-19-14-6-4-3-5-7-14/h3-7,11-12,16H,2,8-10H2,1H3. The molecule has 0 saturated carbocycles. The second-order valence-electron chi connectivity index (χ2n) is 4.14. The Bertz CT molecular complexity index is 505. The number of aromatic nitrogens is 2. The number of nitrogens with one attached hydrogen (secondary N) is 1. The third kappa shape index (κ3) is 4.85. The van der Waals surface area contributed by atoms with Gasteiger partial charge in [-0.15, -0.1) is 0 Å². The molecule has 0 aliphatic rings. The Labute approximate surface area is 119 Å². The molecular formula is C15H19N3O2. The molecule has 0 aliphatic heterocycles. The number of benzene rings is 1. The largest absolute Gasteiger partial charge is 0.490 e. The Kier molecular flexibility index (Phi) is 5.79. The Balaban J connectivity index is 1.73. The van der Waals surface area contributed by atoms with Gasteiger partial charge in [0.2, 0.25) is 5.88 Å². The number of rotatable bonds is 8. The number of nitrogens with zero attached hydrogens (tertiary/aromatic N) is 2. The van der Waals surface area contributed by atoms with Gasteiger partial charge < -0.3 is 14.8 Å². The maximum Gasteiger partial charge on any atom is 0.232 e. The minimum Gasteiger partial charge on any atom is -0.490 e. The van der Waals surface area contributed by atoms with Crippen LogP contribution in [0.1, 0.15) is 12.6 Å². The van der Waals surface area contributed by atoms with Crippen LogP contribution < -0.4 is 14.8 Å². The van der Waals surface area contributed by atoms with E-state index in [-0.39, 0.29) is 0 Å². The topological polar surface area (TPSA) is 56.3 Å². The molecule has 106 valence electrons. The summed E-state index contributed by atoms with van der Waals surface area (Å²) in [6.45, 7) is 4.56. The van der Waals surface area contributed by atoms with Crippen LogP contribution in [-0.2, 0) is 6.54 Å². The van der Waals surface area contributed by atoms with Gasteiger partial charge in [-0.3, -0.25) is 4.98 Å². The minimum atomic E-state index is 0.439. The lowest BCUT2D eigenvalue weighted by atomic mass is 10.3. The van der Waals surface area contributed by atoms with Crippen molar-refractivity contribution in [1.82, 2.24) is 15.3 Å². The number of ether oxygens (including phenoxy) is 2. The smallest absolute Gasteiger partial charge is 0.232 e. The molecule has 20 heavy (non-hydrogen) atoms. The van der Waals surface area contributed by atoms with Crippen molar-refractivity contribution in [3.05, 3.63) is 48.4 Å². The van der Waals surface area contributed by atoms with Crippen LogP contribution in [0.2, 0.25) is 0 Å². The quantitative estimate of drug-likeness (QED) is 0.746. The summed E-state index contributed by atoms with van der Waals surface area (Å²) in [7, 11) is 0. The number of hydrogen-bond donors (Lipinski definition) is 1. The molecule has 0 bridgehead atoms. The normalized spacial score (nSPS) is 10.2. The molecule has 2 aromatic rings. The molecule has 1 N–H and O–H groups in total. The van der Waals surface area contributed by atoms with E-state index in [0.717, 1.165) is 18.0 Å². The van der Waals surface area contributed by atoms with Gasteiger partial charge in [-0.25, -0.2) is 4.98 Å². The predicted molar refractivity (Wildman–Crippen MR) is 76.8 cm³/mol. The summed E-state index contributed by atoms with van der Waals surface area (Å²) in [6, 6.07) is 9.65. The summed E-state index contributed by atoms with van der Waals surface area (Å²) < 4.78 is 11.1. The van der Waals surface area contributed by atoms with Crippen LogP contribution >= 0.6 is 0 Å². The Morgan fingerprint density at radius 2 is 1.85 bits per heavy atom. The Morgan fingerprint density at radius 3 is 2.65 bits per heavy atom. The van der Waals surface area contributed by atoms with E-state index in [1.807, 2.05) is 30.3 Å². The van der Waals surface area contributed by atoms with Crippen molar-refractivity contribution in [2.24, 2.45) is 0 Å². The lowest BCUT2D eigenvalue weighted by Crippen LogP contribution is -2.14. The first-order valence-corrected chi connectivity index (χ1v) is 6.71. The van der Waals surface area contributed by atoms with Gasteiger partial charge in [-0.2, -0.15) is 0 Å². The van der Waals surface area contributed by atoms with Gasteiger partial charge in [0.1, 0.15) is 19.0 Å². The zero-order valence-electron chi connectivity index (χ0n) is 11.6. The molecule has 0 fully saturated rings. The first-order chi connectivity index (χ1) is 9.88. The molecule has 5 heteroatoms. The molecular weight excluding hydrogens is 254 g/mol. The van der Waals surface area contributed by atoms with Crippen LogP contribution in [0.3, 0.4) is 0 Å². The third-order valence-electron chi connectivity index (χ3n) is 2.56. The van der Waals surface area contributed by atoms with Gasteiger partial charge >= 0.3 is 0 Å². The molecule has 2 rings (SSSR count). The van der Waals surface area contributed by atoms with Crippen molar-refractivity contribution in [1.29, 1.82) is 0 Å². The molecule has 0 aliphatic carbocycles.